The first-order valence-electron chi connectivity index (χ1n) is 6.59. The van der Waals surface area contributed by atoms with Crippen LogP contribution in [0.15, 0.2) is 0 Å². The van der Waals surface area contributed by atoms with Gasteiger partial charge in [0.05, 0.1) is 11.9 Å². The summed E-state index contributed by atoms with van der Waals surface area (Å²) < 4.78 is 0. The van der Waals surface area contributed by atoms with Crippen molar-refractivity contribution in [1.29, 1.82) is 0 Å². The van der Waals surface area contributed by atoms with E-state index in [2.05, 4.69) is 12.2 Å². The minimum absolute atomic E-state index is 0.112. The van der Waals surface area contributed by atoms with E-state index in [9.17, 15) is 9.90 Å². The second kappa shape index (κ2) is 7.27. The maximum Gasteiger partial charge on any atom is 0.230 e. The minimum atomic E-state index is -0.360. The van der Waals surface area contributed by atoms with Crippen LogP contribution >= 0.6 is 11.8 Å². The predicted molar refractivity (Wildman–Crippen MR) is 73.2 cm³/mol. The van der Waals surface area contributed by atoms with Crippen LogP contribution in [0, 0.1) is 5.92 Å². The van der Waals surface area contributed by atoms with E-state index in [-0.39, 0.29) is 17.3 Å². The quantitative estimate of drug-likeness (QED) is 0.795. The van der Waals surface area contributed by atoms with Crippen LogP contribution < -0.4 is 5.32 Å². The summed E-state index contributed by atoms with van der Waals surface area (Å²) in [7, 11) is 0. The lowest BCUT2D eigenvalue weighted by atomic mass is 9.86. The topological polar surface area (TPSA) is 49.3 Å². The molecule has 0 spiro atoms. The molecule has 100 valence electrons. The van der Waals surface area contributed by atoms with Gasteiger partial charge in [-0.1, -0.05) is 26.7 Å². The summed E-state index contributed by atoms with van der Waals surface area (Å²) in [5.41, 5.74) is 0. The number of carbonyl (C=O) groups is 1. The van der Waals surface area contributed by atoms with Crippen molar-refractivity contribution in [2.24, 2.45) is 5.92 Å². The number of thioether (sulfide) groups is 1. The van der Waals surface area contributed by atoms with Gasteiger partial charge in [-0.25, -0.2) is 0 Å². The zero-order valence-corrected chi connectivity index (χ0v) is 11.9. The molecule has 0 aromatic rings. The molecule has 1 fully saturated rings. The molecule has 0 bridgehead atoms. The van der Waals surface area contributed by atoms with Crippen LogP contribution in [0.5, 0.6) is 0 Å². The van der Waals surface area contributed by atoms with Crippen molar-refractivity contribution in [3.05, 3.63) is 0 Å². The number of hydrogen-bond acceptors (Lipinski definition) is 3. The van der Waals surface area contributed by atoms with E-state index in [1.807, 2.05) is 6.92 Å². The summed E-state index contributed by atoms with van der Waals surface area (Å²) >= 11 is 1.52. The van der Waals surface area contributed by atoms with Gasteiger partial charge < -0.3 is 10.4 Å². The molecular weight excluding hydrogens is 234 g/mol. The number of aliphatic hydroxyl groups excluding tert-OH is 1. The van der Waals surface area contributed by atoms with Crippen LogP contribution in [-0.4, -0.2) is 34.2 Å². The highest BCUT2D eigenvalue weighted by atomic mass is 32.2. The normalized spacial score (nSPS) is 28.5. The molecule has 0 heterocycles. The van der Waals surface area contributed by atoms with Crippen molar-refractivity contribution in [1.82, 2.24) is 5.32 Å². The van der Waals surface area contributed by atoms with Crippen molar-refractivity contribution < 1.29 is 9.90 Å². The Balaban J connectivity index is 2.24. The first-order chi connectivity index (χ1) is 8.00. The molecule has 4 heteroatoms. The zero-order valence-electron chi connectivity index (χ0n) is 11.1. The Bertz CT molecular complexity index is 246. The molecule has 1 saturated carbocycles. The molecule has 1 rings (SSSR count). The predicted octanol–water partition coefficient (Wildman–Crippen LogP) is 2.18. The summed E-state index contributed by atoms with van der Waals surface area (Å²) in [6, 6.07) is 0.360. The van der Waals surface area contributed by atoms with E-state index >= 15 is 0 Å². The van der Waals surface area contributed by atoms with Crippen molar-refractivity contribution in [3.63, 3.8) is 0 Å². The van der Waals surface area contributed by atoms with Gasteiger partial charge in [0.15, 0.2) is 0 Å². The van der Waals surface area contributed by atoms with E-state index < -0.39 is 0 Å². The molecule has 3 nitrogen and oxygen atoms in total. The van der Waals surface area contributed by atoms with Gasteiger partial charge in [0, 0.05) is 11.3 Å². The first-order valence-corrected chi connectivity index (χ1v) is 7.64. The van der Waals surface area contributed by atoms with Crippen molar-refractivity contribution in [2.45, 2.75) is 63.9 Å². The zero-order chi connectivity index (χ0) is 12.8. The average molecular weight is 259 g/mol. The number of aliphatic hydroxyl groups is 1. The lowest BCUT2D eigenvalue weighted by Crippen LogP contribution is -2.42. The molecule has 17 heavy (non-hydrogen) atoms. The molecule has 0 aromatic heterocycles. The van der Waals surface area contributed by atoms with Gasteiger partial charge in [-0.15, -0.1) is 11.8 Å². The highest BCUT2D eigenvalue weighted by molar-refractivity contribution is 8.00. The van der Waals surface area contributed by atoms with Crippen molar-refractivity contribution in [2.75, 3.05) is 5.75 Å². The highest BCUT2D eigenvalue weighted by Crippen LogP contribution is 2.24. The fourth-order valence-electron chi connectivity index (χ4n) is 2.13. The van der Waals surface area contributed by atoms with Crippen LogP contribution in [-0.2, 0) is 4.79 Å². The summed E-state index contributed by atoms with van der Waals surface area (Å²) in [6.07, 6.45) is 4.50. The van der Waals surface area contributed by atoms with Crippen molar-refractivity contribution >= 4 is 17.7 Å². The highest BCUT2D eigenvalue weighted by Gasteiger charge is 2.23. The van der Waals surface area contributed by atoms with Gasteiger partial charge in [-0.2, -0.15) is 0 Å². The number of amides is 1. The molecule has 1 aliphatic rings. The standard InChI is InChI=1S/C13H25NO2S/c1-9-6-4-5-7-12(9)14-13(16)8-17-11(3)10(2)15/h9-12,15H,4-8H2,1-3H3,(H,14,16). The van der Waals surface area contributed by atoms with E-state index in [1.165, 1.54) is 31.0 Å². The Hall–Kier alpha value is -0.220. The molecule has 0 saturated heterocycles. The van der Waals surface area contributed by atoms with Crippen LogP contribution in [0.25, 0.3) is 0 Å². The van der Waals surface area contributed by atoms with Gasteiger partial charge in [-0.3, -0.25) is 4.79 Å². The third-order valence-electron chi connectivity index (χ3n) is 3.61. The Kier molecular flexibility index (Phi) is 6.34. The van der Waals surface area contributed by atoms with Crippen LogP contribution in [0.3, 0.4) is 0 Å². The molecule has 1 aliphatic carbocycles. The number of nitrogens with one attached hydrogen (secondary N) is 1. The number of carbonyl (C=O) groups excluding carboxylic acids is 1. The molecule has 4 unspecified atom stereocenters. The van der Waals surface area contributed by atoms with Crippen LogP contribution in [0.1, 0.15) is 46.5 Å². The lowest BCUT2D eigenvalue weighted by Gasteiger charge is -2.29. The van der Waals surface area contributed by atoms with E-state index in [0.717, 1.165) is 6.42 Å². The lowest BCUT2D eigenvalue weighted by molar-refractivity contribution is -0.119. The Morgan fingerprint density at radius 2 is 2.06 bits per heavy atom. The molecule has 2 N–H and O–H groups in total. The SMILES string of the molecule is CC(O)C(C)SCC(=O)NC1CCCCC1C. The third-order valence-corrected chi connectivity index (χ3v) is 4.96. The smallest absolute Gasteiger partial charge is 0.230 e. The molecule has 4 atom stereocenters. The van der Waals surface area contributed by atoms with E-state index in [1.54, 1.807) is 6.92 Å². The number of rotatable bonds is 5. The summed E-state index contributed by atoms with van der Waals surface area (Å²) in [6.45, 7) is 5.93. The largest absolute Gasteiger partial charge is 0.392 e. The maximum atomic E-state index is 11.8. The first kappa shape index (κ1) is 14.8. The summed E-state index contributed by atoms with van der Waals surface area (Å²) in [5.74, 6) is 1.17. The average Bonchev–Trinajstić information content (AvgIpc) is 2.29. The number of hydrogen-bond donors (Lipinski definition) is 2. The van der Waals surface area contributed by atoms with Gasteiger partial charge in [0.2, 0.25) is 5.91 Å². The van der Waals surface area contributed by atoms with Gasteiger partial charge >= 0.3 is 0 Å². The van der Waals surface area contributed by atoms with E-state index in [4.69, 9.17) is 0 Å². The second-order valence-corrected chi connectivity index (χ2v) is 6.56. The molecule has 0 radical (unpaired) electrons. The van der Waals surface area contributed by atoms with Crippen molar-refractivity contribution in [3.8, 4) is 0 Å². The fraction of sp³-hybridized carbons (Fsp3) is 0.923. The molecular formula is C13H25NO2S. The van der Waals surface area contributed by atoms with Crippen LogP contribution in [0.4, 0.5) is 0 Å². The minimum Gasteiger partial charge on any atom is -0.392 e. The maximum absolute atomic E-state index is 11.8. The Morgan fingerprint density at radius 1 is 1.41 bits per heavy atom. The second-order valence-electron chi connectivity index (χ2n) is 5.19. The summed E-state index contributed by atoms with van der Waals surface area (Å²) in [5, 5.41) is 12.6. The molecule has 0 aliphatic heterocycles. The van der Waals surface area contributed by atoms with E-state index in [0.29, 0.717) is 17.7 Å². The monoisotopic (exact) mass is 259 g/mol. The molecule has 1 amide bonds. The van der Waals surface area contributed by atoms with Crippen LogP contribution in [0.2, 0.25) is 0 Å². The summed E-state index contributed by atoms with van der Waals surface area (Å²) in [4.78, 5) is 11.8. The van der Waals surface area contributed by atoms with Gasteiger partial charge in [-0.05, 0) is 25.7 Å². The fourth-order valence-corrected chi connectivity index (χ4v) is 2.90. The van der Waals surface area contributed by atoms with Gasteiger partial charge in [0.1, 0.15) is 0 Å². The van der Waals surface area contributed by atoms with Gasteiger partial charge in [0.25, 0.3) is 0 Å². The molecule has 0 aromatic carbocycles. The Labute approximate surface area is 109 Å². The Morgan fingerprint density at radius 3 is 2.65 bits per heavy atom. The third kappa shape index (κ3) is 5.30.